The molecular formula is C3H5FS. The molecule has 0 aromatic heterocycles. The summed E-state index contributed by atoms with van der Waals surface area (Å²) in [6.07, 6.45) is 0. The van der Waals surface area contributed by atoms with Crippen LogP contribution in [0.15, 0.2) is 0 Å². The lowest BCUT2D eigenvalue weighted by Gasteiger charge is -1.67. The fourth-order valence-electron chi connectivity index (χ4n) is 0.157. The van der Waals surface area contributed by atoms with Gasteiger partial charge in [-0.3, -0.25) is 0 Å². The summed E-state index contributed by atoms with van der Waals surface area (Å²) in [4.78, 5) is 0. The van der Waals surface area contributed by atoms with Gasteiger partial charge >= 0.3 is 0 Å². The van der Waals surface area contributed by atoms with Crippen molar-refractivity contribution >= 4 is 11.8 Å². The molecule has 0 aliphatic carbocycles. The largest absolute Gasteiger partial charge is 0.250 e. The molecule has 30 valence electrons. The van der Waals surface area contributed by atoms with Gasteiger partial charge in [0.15, 0.2) is 0 Å². The molecule has 1 aliphatic rings. The van der Waals surface area contributed by atoms with E-state index in [1.165, 1.54) is 0 Å². The maximum Gasteiger partial charge on any atom is 0.102 e. The molecule has 2 heteroatoms. The van der Waals surface area contributed by atoms with Crippen LogP contribution >= 0.6 is 11.8 Å². The zero-order valence-electron chi connectivity index (χ0n) is 2.78. The Morgan fingerprint density at radius 1 is 2.00 bits per heavy atom. The lowest BCUT2D eigenvalue weighted by molar-refractivity contribution is 0.509. The van der Waals surface area contributed by atoms with E-state index < -0.39 is 0 Å². The van der Waals surface area contributed by atoms with E-state index in [4.69, 9.17) is 0 Å². The predicted octanol–water partition coefficient (Wildman–Crippen LogP) is 1.07. The molecule has 1 rings (SSSR count). The smallest absolute Gasteiger partial charge is 0.102 e. The van der Waals surface area contributed by atoms with E-state index in [9.17, 15) is 4.39 Å². The molecule has 1 atom stereocenters. The highest BCUT2D eigenvalue weighted by atomic mass is 32.2. The van der Waals surface area contributed by atoms with Crippen LogP contribution in [0.2, 0.25) is 0 Å². The molecule has 1 unspecified atom stereocenters. The van der Waals surface area contributed by atoms with Gasteiger partial charge in [0.2, 0.25) is 0 Å². The summed E-state index contributed by atoms with van der Waals surface area (Å²) >= 11 is 1.69. The highest BCUT2D eigenvalue weighted by molar-refractivity contribution is 8.06. The second-order valence-electron chi connectivity index (χ2n) is 1.11. The highest BCUT2D eigenvalue weighted by Gasteiger charge is 2.20. The molecule has 1 fully saturated rings. The summed E-state index contributed by atoms with van der Waals surface area (Å²) in [6, 6.07) is 0. The van der Waals surface area contributed by atoms with Crippen LogP contribution in [-0.4, -0.2) is 17.7 Å². The van der Waals surface area contributed by atoms with Crippen molar-refractivity contribution in [3.63, 3.8) is 0 Å². The first-order valence-corrected chi connectivity index (χ1v) is 2.66. The Morgan fingerprint density at radius 3 is 2.60 bits per heavy atom. The third kappa shape index (κ3) is 0.798. The molecule has 0 aromatic carbocycles. The van der Waals surface area contributed by atoms with E-state index >= 15 is 0 Å². The van der Waals surface area contributed by atoms with Crippen LogP contribution in [0.25, 0.3) is 0 Å². The fraction of sp³-hybridized carbons (Fsp3) is 1.00. The molecule has 0 radical (unpaired) electrons. The summed E-state index contributed by atoms with van der Waals surface area (Å²) in [5, 5.41) is 0.384. The third-order valence-electron chi connectivity index (χ3n) is 0.574. The van der Waals surface area contributed by atoms with Gasteiger partial charge in [0.25, 0.3) is 0 Å². The molecule has 0 spiro atoms. The molecule has 0 bridgehead atoms. The molecule has 0 nitrogen and oxygen atoms in total. The van der Waals surface area contributed by atoms with E-state index in [1.54, 1.807) is 11.8 Å². The lowest BCUT2D eigenvalue weighted by Crippen LogP contribution is -1.79. The van der Waals surface area contributed by atoms with Crippen molar-refractivity contribution in [3.05, 3.63) is 0 Å². The van der Waals surface area contributed by atoms with Gasteiger partial charge in [0.05, 0.1) is 0 Å². The van der Waals surface area contributed by atoms with Crippen molar-refractivity contribution in [2.75, 3.05) is 12.4 Å². The summed E-state index contributed by atoms with van der Waals surface area (Å²) < 4.78 is 11.2. The Kier molecular flexibility index (Phi) is 0.810. The number of hydrogen-bond acceptors (Lipinski definition) is 1. The van der Waals surface area contributed by atoms with Crippen LogP contribution in [-0.2, 0) is 0 Å². The monoisotopic (exact) mass is 92.0 g/mol. The molecule has 1 aliphatic heterocycles. The summed E-state index contributed by atoms with van der Waals surface area (Å²) in [5.74, 6) is 1.05. The standard InChI is InChI=1S/C3H5FS/c4-1-3-2-5-3/h3H,1-2H2. The van der Waals surface area contributed by atoms with Crippen LogP contribution in [0.1, 0.15) is 0 Å². The van der Waals surface area contributed by atoms with Gasteiger partial charge in [-0.2, -0.15) is 11.8 Å². The molecule has 0 N–H and O–H groups in total. The topological polar surface area (TPSA) is 0 Å². The molecule has 0 amide bonds. The van der Waals surface area contributed by atoms with Gasteiger partial charge in [-0.05, 0) is 0 Å². The van der Waals surface area contributed by atoms with Crippen LogP contribution in [0.5, 0.6) is 0 Å². The van der Waals surface area contributed by atoms with Crippen molar-refractivity contribution < 1.29 is 4.39 Å². The van der Waals surface area contributed by atoms with Gasteiger partial charge in [-0.25, -0.2) is 4.39 Å². The van der Waals surface area contributed by atoms with Crippen molar-refractivity contribution in [1.29, 1.82) is 0 Å². The van der Waals surface area contributed by atoms with Crippen molar-refractivity contribution in [2.45, 2.75) is 5.25 Å². The van der Waals surface area contributed by atoms with E-state index in [0.29, 0.717) is 5.25 Å². The van der Waals surface area contributed by atoms with Crippen LogP contribution in [0.4, 0.5) is 4.39 Å². The summed E-state index contributed by atoms with van der Waals surface area (Å²) in [7, 11) is 0. The number of halogens is 1. The maximum absolute atomic E-state index is 11.2. The van der Waals surface area contributed by atoms with E-state index in [0.717, 1.165) is 5.75 Å². The Bertz CT molecular complexity index is 33.9. The molecule has 1 heterocycles. The van der Waals surface area contributed by atoms with Gasteiger partial charge in [0.1, 0.15) is 6.67 Å². The van der Waals surface area contributed by atoms with E-state index in [2.05, 4.69) is 0 Å². The molecular weight excluding hydrogens is 87.1 g/mol. The van der Waals surface area contributed by atoms with Gasteiger partial charge in [-0.15, -0.1) is 0 Å². The minimum atomic E-state index is -0.120. The molecule has 1 saturated heterocycles. The zero-order chi connectivity index (χ0) is 3.70. The summed E-state index contributed by atoms with van der Waals surface area (Å²) in [6.45, 7) is -0.120. The first-order chi connectivity index (χ1) is 2.43. The van der Waals surface area contributed by atoms with Gasteiger partial charge < -0.3 is 0 Å². The fourth-order valence-corrected chi connectivity index (χ4v) is 0.471. The number of hydrogen-bond donors (Lipinski definition) is 0. The van der Waals surface area contributed by atoms with Gasteiger partial charge in [-0.1, -0.05) is 0 Å². The SMILES string of the molecule is FCC1CS1. The third-order valence-corrected chi connectivity index (χ3v) is 1.51. The Morgan fingerprint density at radius 2 is 2.60 bits per heavy atom. The molecule has 5 heavy (non-hydrogen) atoms. The van der Waals surface area contributed by atoms with E-state index in [-0.39, 0.29) is 6.67 Å². The number of rotatable bonds is 1. The quantitative estimate of drug-likeness (QED) is 0.436. The van der Waals surface area contributed by atoms with Gasteiger partial charge in [0, 0.05) is 11.0 Å². The molecule has 0 saturated carbocycles. The lowest BCUT2D eigenvalue weighted by atomic mass is 10.6. The first kappa shape index (κ1) is 3.47. The maximum atomic E-state index is 11.2. The Hall–Kier alpha value is 0.280. The van der Waals surface area contributed by atoms with Crippen LogP contribution in [0, 0.1) is 0 Å². The highest BCUT2D eigenvalue weighted by Crippen LogP contribution is 2.29. The van der Waals surface area contributed by atoms with E-state index in [1.807, 2.05) is 0 Å². The normalized spacial score (nSPS) is 34.2. The minimum Gasteiger partial charge on any atom is -0.250 e. The number of alkyl halides is 1. The minimum absolute atomic E-state index is 0.120. The van der Waals surface area contributed by atoms with Crippen molar-refractivity contribution in [1.82, 2.24) is 0 Å². The zero-order valence-corrected chi connectivity index (χ0v) is 3.59. The number of thioether (sulfide) groups is 1. The second-order valence-corrected chi connectivity index (χ2v) is 2.44. The first-order valence-electron chi connectivity index (χ1n) is 1.61. The Balaban J connectivity index is 2.00. The molecule has 0 aromatic rings. The van der Waals surface area contributed by atoms with Crippen molar-refractivity contribution in [2.24, 2.45) is 0 Å². The average Bonchev–Trinajstić information content (AvgIpc) is 2.12. The average molecular weight is 92.1 g/mol. The predicted molar refractivity (Wildman–Crippen MR) is 22.2 cm³/mol. The summed E-state index contributed by atoms with van der Waals surface area (Å²) in [5.41, 5.74) is 0. The second kappa shape index (κ2) is 1.17. The Labute approximate surface area is 34.8 Å². The van der Waals surface area contributed by atoms with Crippen LogP contribution < -0.4 is 0 Å². The van der Waals surface area contributed by atoms with Crippen molar-refractivity contribution in [3.8, 4) is 0 Å². The van der Waals surface area contributed by atoms with Crippen LogP contribution in [0.3, 0.4) is 0 Å².